The minimum atomic E-state index is -0.770. The molecule has 6 heteroatoms. The average Bonchev–Trinajstić information content (AvgIpc) is 3.39. The third kappa shape index (κ3) is 60.1. The summed E-state index contributed by atoms with van der Waals surface area (Å²) < 4.78 is 16.9. The second-order valence-corrected chi connectivity index (χ2v) is 21.7. The fourth-order valence-electron chi connectivity index (χ4n) is 9.56. The number of allylic oxidation sites excluding steroid dienone is 8. The van der Waals surface area contributed by atoms with E-state index in [2.05, 4.69) is 69.4 Å². The number of carbonyl (C=O) groups excluding carboxylic acids is 3. The maximum absolute atomic E-state index is 12.9. The van der Waals surface area contributed by atoms with Crippen molar-refractivity contribution in [1.29, 1.82) is 0 Å². The second kappa shape index (κ2) is 61.9. The highest BCUT2D eigenvalue weighted by Gasteiger charge is 2.19. The highest BCUT2D eigenvalue weighted by Crippen LogP contribution is 2.18. The number of ether oxygens (including phenoxy) is 3. The highest BCUT2D eigenvalue weighted by atomic mass is 16.6. The van der Waals surface area contributed by atoms with Gasteiger partial charge in [-0.1, -0.05) is 313 Å². The van der Waals surface area contributed by atoms with E-state index in [-0.39, 0.29) is 31.1 Å². The van der Waals surface area contributed by atoms with Crippen molar-refractivity contribution >= 4 is 17.9 Å². The van der Waals surface area contributed by atoms with Crippen LogP contribution < -0.4 is 0 Å². The molecule has 426 valence electrons. The molecule has 0 amide bonds. The number of unbranched alkanes of at least 4 members (excludes halogenated alkanes) is 40. The molecule has 0 N–H and O–H groups in total. The van der Waals surface area contributed by atoms with Gasteiger partial charge < -0.3 is 14.2 Å². The van der Waals surface area contributed by atoms with Crippen molar-refractivity contribution in [2.75, 3.05) is 13.2 Å². The summed E-state index contributed by atoms with van der Waals surface area (Å²) in [5.74, 6) is -0.845. The molecule has 0 bridgehead atoms. The molecule has 0 fully saturated rings. The minimum Gasteiger partial charge on any atom is -0.462 e. The number of hydrogen-bond donors (Lipinski definition) is 0. The Hall–Kier alpha value is -2.63. The quantitative estimate of drug-likeness (QED) is 0.0261. The molecule has 0 saturated heterocycles. The Balaban J connectivity index is 4.26. The summed E-state index contributed by atoms with van der Waals surface area (Å²) >= 11 is 0. The summed E-state index contributed by atoms with van der Waals surface area (Å²) in [5.41, 5.74) is 0. The monoisotopic (exact) mass is 1020 g/mol. The van der Waals surface area contributed by atoms with Crippen LogP contribution in [0.4, 0.5) is 0 Å². The lowest BCUT2D eigenvalue weighted by Gasteiger charge is -2.18. The van der Waals surface area contributed by atoms with E-state index in [1.54, 1.807) is 0 Å². The molecule has 1 unspecified atom stereocenters. The van der Waals surface area contributed by atoms with Crippen LogP contribution in [-0.4, -0.2) is 37.2 Å². The van der Waals surface area contributed by atoms with Crippen molar-refractivity contribution in [3.63, 3.8) is 0 Å². The number of hydrogen-bond acceptors (Lipinski definition) is 6. The van der Waals surface area contributed by atoms with E-state index in [9.17, 15) is 14.4 Å². The Morgan fingerprint density at radius 3 is 0.836 bits per heavy atom. The van der Waals surface area contributed by atoms with Gasteiger partial charge in [0.15, 0.2) is 6.10 Å². The van der Waals surface area contributed by atoms with Crippen molar-refractivity contribution in [2.24, 2.45) is 0 Å². The molecular weight excluding hydrogens is 901 g/mol. The molecular formula is C67H122O6. The molecule has 0 aromatic carbocycles. The first-order valence-electron chi connectivity index (χ1n) is 32.1. The summed E-state index contributed by atoms with van der Waals surface area (Å²) in [6, 6.07) is 0. The maximum atomic E-state index is 12.9. The van der Waals surface area contributed by atoms with Crippen LogP contribution in [0.1, 0.15) is 342 Å². The molecule has 6 nitrogen and oxygen atoms in total. The van der Waals surface area contributed by atoms with Gasteiger partial charge >= 0.3 is 17.9 Å². The van der Waals surface area contributed by atoms with Crippen LogP contribution in [0.2, 0.25) is 0 Å². The summed E-state index contributed by atoms with van der Waals surface area (Å²) in [6.45, 7) is 6.59. The van der Waals surface area contributed by atoms with E-state index in [1.807, 2.05) is 0 Å². The van der Waals surface area contributed by atoms with Crippen LogP contribution in [0.3, 0.4) is 0 Å². The van der Waals surface area contributed by atoms with E-state index >= 15 is 0 Å². The van der Waals surface area contributed by atoms with E-state index in [0.717, 1.165) is 83.5 Å². The summed E-state index contributed by atoms with van der Waals surface area (Å²) in [6.07, 6.45) is 76.8. The molecule has 0 saturated carbocycles. The zero-order valence-electron chi connectivity index (χ0n) is 48.9. The van der Waals surface area contributed by atoms with Crippen molar-refractivity contribution in [1.82, 2.24) is 0 Å². The smallest absolute Gasteiger partial charge is 0.306 e. The SMILES string of the molecule is CC/C=C\C/C=C\C/C=C\C/C=C\CCCCCCCCCCCCCCC(=O)OCC(COC(=O)CCCCCCCCCCCCCCCCC)OC(=O)CCCCCCCCCCCCCCCCC. The van der Waals surface area contributed by atoms with Gasteiger partial charge in [-0.2, -0.15) is 0 Å². The van der Waals surface area contributed by atoms with Gasteiger partial charge in [0.1, 0.15) is 13.2 Å². The van der Waals surface area contributed by atoms with Gasteiger partial charge in [0.25, 0.3) is 0 Å². The average molecular weight is 1020 g/mol. The standard InChI is InChI=1S/C67H122O6/c1-4-7-10-13-16-19-22-25-28-29-30-31-32-33-34-35-36-37-40-42-45-48-51-54-57-60-66(69)72-63-64(73-67(70)61-58-55-52-49-46-43-39-27-24-21-18-15-12-9-6-3)62-71-65(68)59-56-53-50-47-44-41-38-26-23-20-17-14-11-8-5-2/h7,10,16,19,25,28,30-31,64H,4-6,8-9,11-15,17-18,20-24,26-27,29,32-63H2,1-3H3/b10-7-,19-16-,28-25-,31-30-. The maximum Gasteiger partial charge on any atom is 0.306 e. The minimum absolute atomic E-state index is 0.0673. The molecule has 0 aromatic heterocycles. The van der Waals surface area contributed by atoms with Gasteiger partial charge in [-0.05, 0) is 57.8 Å². The number of rotatable bonds is 59. The van der Waals surface area contributed by atoms with Crippen LogP contribution in [0.5, 0.6) is 0 Å². The van der Waals surface area contributed by atoms with Crippen molar-refractivity contribution in [2.45, 2.75) is 348 Å². The van der Waals surface area contributed by atoms with Gasteiger partial charge in [-0.15, -0.1) is 0 Å². The fourth-order valence-corrected chi connectivity index (χ4v) is 9.56. The first-order chi connectivity index (χ1) is 36.0. The predicted molar refractivity (Wildman–Crippen MR) is 316 cm³/mol. The Labute approximate surface area is 454 Å². The van der Waals surface area contributed by atoms with Crippen LogP contribution >= 0.6 is 0 Å². The lowest BCUT2D eigenvalue weighted by atomic mass is 10.0. The van der Waals surface area contributed by atoms with Gasteiger partial charge in [-0.25, -0.2) is 0 Å². The molecule has 0 spiro atoms. The third-order valence-electron chi connectivity index (χ3n) is 14.3. The number of carbonyl (C=O) groups is 3. The highest BCUT2D eigenvalue weighted by molar-refractivity contribution is 5.71. The molecule has 0 aliphatic carbocycles. The predicted octanol–water partition coefficient (Wildman–Crippen LogP) is 21.8. The van der Waals surface area contributed by atoms with Crippen molar-refractivity contribution < 1.29 is 28.6 Å². The van der Waals surface area contributed by atoms with Crippen molar-refractivity contribution in [3.05, 3.63) is 48.6 Å². The van der Waals surface area contributed by atoms with E-state index in [1.165, 1.54) is 218 Å². The van der Waals surface area contributed by atoms with Crippen LogP contribution in [0.25, 0.3) is 0 Å². The molecule has 0 aliphatic rings. The first kappa shape index (κ1) is 70.4. The van der Waals surface area contributed by atoms with Crippen LogP contribution in [-0.2, 0) is 28.6 Å². The Morgan fingerprint density at radius 1 is 0.288 bits per heavy atom. The topological polar surface area (TPSA) is 78.9 Å². The summed E-state index contributed by atoms with van der Waals surface area (Å²) in [5, 5.41) is 0. The van der Waals surface area contributed by atoms with Gasteiger partial charge in [-0.3, -0.25) is 14.4 Å². The Bertz CT molecular complexity index is 1270. The van der Waals surface area contributed by atoms with Gasteiger partial charge in [0.2, 0.25) is 0 Å². The van der Waals surface area contributed by atoms with Gasteiger partial charge in [0, 0.05) is 19.3 Å². The Kier molecular flexibility index (Phi) is 59.7. The summed E-state index contributed by atoms with van der Waals surface area (Å²) in [4.78, 5) is 38.3. The Morgan fingerprint density at radius 2 is 0.534 bits per heavy atom. The summed E-state index contributed by atoms with van der Waals surface area (Å²) in [7, 11) is 0. The molecule has 0 radical (unpaired) electrons. The lowest BCUT2D eigenvalue weighted by molar-refractivity contribution is -0.167. The molecule has 0 heterocycles. The van der Waals surface area contributed by atoms with E-state index < -0.39 is 6.10 Å². The molecule has 0 rings (SSSR count). The number of esters is 3. The zero-order chi connectivity index (χ0) is 52.9. The molecule has 0 aromatic rings. The van der Waals surface area contributed by atoms with E-state index in [0.29, 0.717) is 19.3 Å². The molecule has 73 heavy (non-hydrogen) atoms. The normalized spacial score (nSPS) is 12.3. The zero-order valence-corrected chi connectivity index (χ0v) is 48.9. The van der Waals surface area contributed by atoms with Gasteiger partial charge in [0.05, 0.1) is 0 Å². The van der Waals surface area contributed by atoms with Crippen LogP contribution in [0.15, 0.2) is 48.6 Å². The lowest BCUT2D eigenvalue weighted by Crippen LogP contribution is -2.30. The largest absolute Gasteiger partial charge is 0.462 e. The molecule has 0 aliphatic heterocycles. The van der Waals surface area contributed by atoms with Crippen molar-refractivity contribution in [3.8, 4) is 0 Å². The second-order valence-electron chi connectivity index (χ2n) is 21.7. The van der Waals surface area contributed by atoms with E-state index in [4.69, 9.17) is 14.2 Å². The van der Waals surface area contributed by atoms with Crippen LogP contribution in [0, 0.1) is 0 Å². The molecule has 1 atom stereocenters. The fraction of sp³-hybridized carbons (Fsp3) is 0.836. The first-order valence-corrected chi connectivity index (χ1v) is 32.1. The third-order valence-corrected chi connectivity index (χ3v) is 14.3.